The van der Waals surface area contributed by atoms with E-state index in [-0.39, 0.29) is 11.0 Å². The predicted octanol–water partition coefficient (Wildman–Crippen LogP) is 10.2. The first-order valence-corrected chi connectivity index (χ1v) is 16.4. The van der Waals surface area contributed by atoms with E-state index in [2.05, 4.69) is 188 Å². The van der Waals surface area contributed by atoms with Crippen LogP contribution in [-0.4, -0.2) is 14.1 Å². The van der Waals surface area contributed by atoms with Gasteiger partial charge in [-0.05, 0) is 91.6 Å². The van der Waals surface area contributed by atoms with E-state index in [9.17, 15) is 0 Å². The van der Waals surface area contributed by atoms with Gasteiger partial charge in [-0.15, -0.1) is 0 Å². The highest BCUT2D eigenvalue weighted by atomic mass is 15.2. The maximum absolute atomic E-state index is 4.91. The summed E-state index contributed by atoms with van der Waals surface area (Å²) < 4.78 is 7.02. The summed E-state index contributed by atoms with van der Waals surface area (Å²) in [5, 5.41) is 2.46. The first-order valence-electron chi connectivity index (χ1n) is 16.4. The lowest BCUT2D eigenvalue weighted by atomic mass is 9.77. The molecule has 3 heterocycles. The molecule has 3 aromatic heterocycles. The Labute approximate surface area is 276 Å². The molecule has 0 bridgehead atoms. The van der Waals surface area contributed by atoms with Crippen LogP contribution in [0.1, 0.15) is 45.7 Å². The van der Waals surface area contributed by atoms with Crippen LogP contribution < -0.4 is 4.57 Å². The Balaban J connectivity index is 1.27. The summed E-state index contributed by atoms with van der Waals surface area (Å²) in [6, 6.07) is 48.1. The minimum absolute atomic E-state index is 0.0366. The molecule has 0 amide bonds. The molecule has 0 aliphatic heterocycles. The number of aromatic nitrogens is 4. The molecular formula is C43H39N4+. The number of rotatable bonds is 5. The summed E-state index contributed by atoms with van der Waals surface area (Å²) in [7, 11) is 0. The maximum atomic E-state index is 4.91. The van der Waals surface area contributed by atoms with Crippen molar-refractivity contribution in [2.75, 3.05) is 0 Å². The van der Waals surface area contributed by atoms with Crippen molar-refractivity contribution in [3.63, 3.8) is 0 Å². The molecule has 0 aliphatic rings. The Bertz CT molecular complexity index is 2420. The van der Waals surface area contributed by atoms with E-state index < -0.39 is 0 Å². The van der Waals surface area contributed by atoms with Crippen molar-refractivity contribution in [2.24, 2.45) is 0 Å². The van der Waals surface area contributed by atoms with Gasteiger partial charge in [0.15, 0.2) is 11.0 Å². The minimum Gasteiger partial charge on any atom is -0.294 e. The van der Waals surface area contributed by atoms with E-state index in [1.807, 2.05) is 6.20 Å². The Morgan fingerprint density at radius 3 is 2.06 bits per heavy atom. The van der Waals surface area contributed by atoms with Crippen molar-refractivity contribution >= 4 is 32.8 Å². The van der Waals surface area contributed by atoms with Gasteiger partial charge in [0.1, 0.15) is 17.0 Å². The zero-order valence-electron chi connectivity index (χ0n) is 27.6. The third-order valence-corrected chi connectivity index (χ3v) is 9.68. The SMILES string of the molecule is CC(C)(c1cccc(-n2c[n+](C(C)(C)C)c3ccccc32)c1)c1ccc2c3ccccc3n(-c3cc(-c4ccccc4)ccn3)c2c1. The number of pyridine rings is 1. The standard InChI is InChI=1S/C43H39N4/c1-42(2,3)46-29-45(38-20-11-12-21-39(38)46)34-17-13-16-32(27-34)43(4,5)33-22-23-36-35-18-9-10-19-37(35)47(40(36)28-33)41-26-31(24-25-44-41)30-14-7-6-8-15-30/h6-29H,1-5H3/q+1. The van der Waals surface area contributed by atoms with Crippen LogP contribution in [0.2, 0.25) is 0 Å². The van der Waals surface area contributed by atoms with Crippen LogP contribution in [-0.2, 0) is 11.0 Å². The highest BCUT2D eigenvalue weighted by molar-refractivity contribution is 6.09. The topological polar surface area (TPSA) is 26.6 Å². The van der Waals surface area contributed by atoms with Crippen LogP contribution in [0.3, 0.4) is 0 Å². The summed E-state index contributed by atoms with van der Waals surface area (Å²) in [6.45, 7) is 11.4. The van der Waals surface area contributed by atoms with Gasteiger partial charge in [-0.2, -0.15) is 4.57 Å². The number of hydrogen-bond donors (Lipinski definition) is 0. The largest absolute Gasteiger partial charge is 0.294 e. The molecular weight excluding hydrogens is 573 g/mol. The molecule has 8 aromatic rings. The number of nitrogens with zero attached hydrogens (tertiary/aromatic N) is 4. The molecule has 8 rings (SSSR count). The fraction of sp³-hybridized carbons (Fsp3) is 0.163. The molecule has 4 nitrogen and oxygen atoms in total. The fourth-order valence-electron chi connectivity index (χ4n) is 7.02. The number of para-hydroxylation sites is 3. The second kappa shape index (κ2) is 10.8. The number of imidazole rings is 1. The van der Waals surface area contributed by atoms with Gasteiger partial charge in [-0.1, -0.05) is 98.8 Å². The average Bonchev–Trinajstić information content (AvgIpc) is 3.65. The molecule has 5 aromatic carbocycles. The highest BCUT2D eigenvalue weighted by Crippen LogP contribution is 2.38. The number of fused-ring (bicyclic) bond motifs is 4. The summed E-state index contributed by atoms with van der Waals surface area (Å²) in [6.07, 6.45) is 4.17. The Kier molecular flexibility index (Phi) is 6.66. The maximum Gasteiger partial charge on any atom is 0.250 e. The summed E-state index contributed by atoms with van der Waals surface area (Å²) in [4.78, 5) is 4.91. The van der Waals surface area contributed by atoms with Crippen LogP contribution in [0.25, 0.3) is 55.5 Å². The van der Waals surface area contributed by atoms with Crippen molar-refractivity contribution < 1.29 is 4.57 Å². The van der Waals surface area contributed by atoms with E-state index in [1.165, 1.54) is 38.5 Å². The smallest absolute Gasteiger partial charge is 0.250 e. The van der Waals surface area contributed by atoms with Crippen molar-refractivity contribution in [1.29, 1.82) is 0 Å². The highest BCUT2D eigenvalue weighted by Gasteiger charge is 2.29. The summed E-state index contributed by atoms with van der Waals surface area (Å²) >= 11 is 0. The van der Waals surface area contributed by atoms with Gasteiger partial charge in [0.2, 0.25) is 6.33 Å². The van der Waals surface area contributed by atoms with Crippen LogP contribution >= 0.6 is 0 Å². The van der Waals surface area contributed by atoms with E-state index in [0.717, 1.165) is 28.1 Å². The fourth-order valence-corrected chi connectivity index (χ4v) is 7.02. The van der Waals surface area contributed by atoms with Crippen LogP contribution in [0, 0.1) is 0 Å². The lowest BCUT2D eigenvalue weighted by Gasteiger charge is -2.26. The van der Waals surface area contributed by atoms with E-state index >= 15 is 0 Å². The lowest BCUT2D eigenvalue weighted by molar-refractivity contribution is -0.731. The zero-order chi connectivity index (χ0) is 32.3. The Morgan fingerprint density at radius 1 is 0.553 bits per heavy atom. The molecule has 4 heteroatoms. The average molecular weight is 612 g/mol. The first-order chi connectivity index (χ1) is 22.7. The Morgan fingerprint density at radius 2 is 1.26 bits per heavy atom. The number of benzene rings is 5. The van der Waals surface area contributed by atoms with Crippen molar-refractivity contribution in [3.8, 4) is 22.6 Å². The molecule has 230 valence electrons. The summed E-state index contributed by atoms with van der Waals surface area (Å²) in [5.74, 6) is 0.918. The third-order valence-electron chi connectivity index (χ3n) is 9.68. The van der Waals surface area contributed by atoms with Crippen LogP contribution in [0.15, 0.2) is 146 Å². The van der Waals surface area contributed by atoms with Crippen LogP contribution in [0.5, 0.6) is 0 Å². The second-order valence-corrected chi connectivity index (χ2v) is 14.0. The van der Waals surface area contributed by atoms with Gasteiger partial charge < -0.3 is 0 Å². The van der Waals surface area contributed by atoms with Gasteiger partial charge in [0.05, 0.1) is 11.0 Å². The van der Waals surface area contributed by atoms with Crippen LogP contribution in [0.4, 0.5) is 0 Å². The normalized spacial score (nSPS) is 12.4. The number of hydrogen-bond acceptors (Lipinski definition) is 1. The minimum atomic E-state index is -0.256. The van der Waals surface area contributed by atoms with Gasteiger partial charge in [0, 0.05) is 22.4 Å². The van der Waals surface area contributed by atoms with Crippen molar-refractivity contribution in [3.05, 3.63) is 157 Å². The second-order valence-electron chi connectivity index (χ2n) is 14.0. The molecule has 0 atom stereocenters. The van der Waals surface area contributed by atoms with Gasteiger partial charge >= 0.3 is 0 Å². The first kappa shape index (κ1) is 29.0. The van der Waals surface area contributed by atoms with E-state index in [0.29, 0.717) is 0 Å². The quantitative estimate of drug-likeness (QED) is 0.178. The van der Waals surface area contributed by atoms with E-state index in [4.69, 9.17) is 4.98 Å². The van der Waals surface area contributed by atoms with Gasteiger partial charge in [0.25, 0.3) is 0 Å². The molecule has 0 radical (unpaired) electrons. The third kappa shape index (κ3) is 4.83. The van der Waals surface area contributed by atoms with E-state index in [1.54, 1.807) is 0 Å². The van der Waals surface area contributed by atoms with Gasteiger partial charge in [-0.3, -0.25) is 4.57 Å². The molecule has 0 unspecified atom stereocenters. The summed E-state index contributed by atoms with van der Waals surface area (Å²) in [5.41, 5.74) is 10.5. The zero-order valence-corrected chi connectivity index (χ0v) is 27.6. The van der Waals surface area contributed by atoms with Crippen molar-refractivity contribution in [1.82, 2.24) is 14.1 Å². The molecule has 0 fully saturated rings. The predicted molar refractivity (Wildman–Crippen MR) is 195 cm³/mol. The Hall–Kier alpha value is -5.48. The van der Waals surface area contributed by atoms with Gasteiger partial charge in [-0.25, -0.2) is 9.55 Å². The lowest BCUT2D eigenvalue weighted by Crippen LogP contribution is -2.49. The molecule has 0 saturated carbocycles. The molecule has 47 heavy (non-hydrogen) atoms. The molecule has 0 aliphatic carbocycles. The van der Waals surface area contributed by atoms with Crippen molar-refractivity contribution in [2.45, 2.75) is 45.6 Å². The molecule has 0 spiro atoms. The monoisotopic (exact) mass is 611 g/mol. The molecule has 0 N–H and O–H groups in total. The molecule has 0 saturated heterocycles.